The number of carbonyl (C=O) groups is 2. The lowest BCUT2D eigenvalue weighted by Gasteiger charge is -2.24. The van der Waals surface area contributed by atoms with Gasteiger partial charge in [0.15, 0.2) is 0 Å². The summed E-state index contributed by atoms with van der Waals surface area (Å²) in [5, 5.41) is 12.4. The predicted octanol–water partition coefficient (Wildman–Crippen LogP) is 2.42. The van der Waals surface area contributed by atoms with E-state index >= 15 is 0 Å². The van der Waals surface area contributed by atoms with Gasteiger partial charge in [-0.05, 0) is 19.4 Å². The first-order valence-corrected chi connectivity index (χ1v) is 6.00. The standard InChI is InChI=1S/C14H15NO4/c1-3-14(2,13(17)18)15-12(16)10-8-19-11-7-5-4-6-9(10)11/h4-8H,3H2,1-2H3,(H,15,16)(H,17,18). The average molecular weight is 261 g/mol. The quantitative estimate of drug-likeness (QED) is 0.885. The summed E-state index contributed by atoms with van der Waals surface area (Å²) in [4.78, 5) is 23.3. The Morgan fingerprint density at radius 2 is 2.05 bits per heavy atom. The van der Waals surface area contributed by atoms with E-state index in [-0.39, 0.29) is 0 Å². The molecule has 1 aromatic carbocycles. The minimum absolute atomic E-state index is 0.295. The molecule has 1 amide bonds. The molecule has 1 heterocycles. The Morgan fingerprint density at radius 3 is 2.68 bits per heavy atom. The number of para-hydroxylation sites is 1. The molecule has 2 rings (SSSR count). The number of hydrogen-bond donors (Lipinski definition) is 2. The molecule has 0 fully saturated rings. The van der Waals surface area contributed by atoms with E-state index in [1.54, 1.807) is 31.2 Å². The molecular weight excluding hydrogens is 246 g/mol. The van der Waals surface area contributed by atoms with Gasteiger partial charge in [-0.25, -0.2) is 4.79 Å². The Balaban J connectivity index is 2.32. The lowest BCUT2D eigenvalue weighted by Crippen LogP contribution is -2.51. The van der Waals surface area contributed by atoms with Crippen molar-refractivity contribution in [2.24, 2.45) is 0 Å². The average Bonchev–Trinajstić information content (AvgIpc) is 2.82. The van der Waals surface area contributed by atoms with Crippen molar-refractivity contribution in [3.63, 3.8) is 0 Å². The van der Waals surface area contributed by atoms with Crippen molar-refractivity contribution in [1.82, 2.24) is 5.32 Å². The molecule has 0 aliphatic carbocycles. The summed E-state index contributed by atoms with van der Waals surface area (Å²) in [6, 6.07) is 7.12. The number of furan rings is 1. The van der Waals surface area contributed by atoms with Crippen LogP contribution in [-0.4, -0.2) is 22.5 Å². The van der Waals surface area contributed by atoms with Gasteiger partial charge in [-0.1, -0.05) is 25.1 Å². The normalized spacial score (nSPS) is 14.0. The number of nitrogens with one attached hydrogen (secondary N) is 1. The first-order chi connectivity index (χ1) is 8.98. The van der Waals surface area contributed by atoms with E-state index in [9.17, 15) is 9.59 Å². The minimum Gasteiger partial charge on any atom is -0.480 e. The highest BCUT2D eigenvalue weighted by molar-refractivity contribution is 6.07. The third-order valence-electron chi connectivity index (χ3n) is 3.29. The van der Waals surface area contributed by atoms with Gasteiger partial charge in [0.2, 0.25) is 0 Å². The van der Waals surface area contributed by atoms with Crippen LogP contribution in [0.1, 0.15) is 30.6 Å². The van der Waals surface area contributed by atoms with Crippen LogP contribution in [-0.2, 0) is 4.79 Å². The molecule has 0 bridgehead atoms. The van der Waals surface area contributed by atoms with Crippen LogP contribution in [0.3, 0.4) is 0 Å². The summed E-state index contributed by atoms with van der Waals surface area (Å²) in [6.45, 7) is 3.19. The number of carbonyl (C=O) groups excluding carboxylic acids is 1. The van der Waals surface area contributed by atoms with Gasteiger partial charge in [0.05, 0.1) is 5.56 Å². The summed E-state index contributed by atoms with van der Waals surface area (Å²) >= 11 is 0. The molecule has 5 nitrogen and oxygen atoms in total. The Hall–Kier alpha value is -2.30. The van der Waals surface area contributed by atoms with Gasteiger partial charge < -0.3 is 14.8 Å². The first kappa shape index (κ1) is 13.1. The van der Waals surface area contributed by atoms with E-state index in [0.717, 1.165) is 0 Å². The molecule has 0 aliphatic heterocycles. The Bertz CT molecular complexity index is 631. The third kappa shape index (κ3) is 2.31. The fraction of sp³-hybridized carbons (Fsp3) is 0.286. The van der Waals surface area contributed by atoms with Crippen LogP contribution in [0.5, 0.6) is 0 Å². The second kappa shape index (κ2) is 4.76. The first-order valence-electron chi connectivity index (χ1n) is 6.00. The molecule has 100 valence electrons. The van der Waals surface area contributed by atoms with Crippen molar-refractivity contribution >= 4 is 22.8 Å². The van der Waals surface area contributed by atoms with Crippen molar-refractivity contribution in [3.8, 4) is 0 Å². The highest BCUT2D eigenvalue weighted by atomic mass is 16.4. The van der Waals surface area contributed by atoms with Crippen LogP contribution in [0.2, 0.25) is 0 Å². The number of amides is 1. The number of carboxylic acids is 1. The van der Waals surface area contributed by atoms with Gasteiger partial charge in [-0.2, -0.15) is 0 Å². The second-order valence-corrected chi connectivity index (χ2v) is 4.59. The van der Waals surface area contributed by atoms with E-state index in [2.05, 4.69) is 5.32 Å². The van der Waals surface area contributed by atoms with Crippen molar-refractivity contribution < 1.29 is 19.1 Å². The second-order valence-electron chi connectivity index (χ2n) is 4.59. The molecule has 0 spiro atoms. The Morgan fingerprint density at radius 1 is 1.37 bits per heavy atom. The van der Waals surface area contributed by atoms with E-state index in [1.807, 2.05) is 0 Å². The Kier molecular flexibility index (Phi) is 3.29. The van der Waals surface area contributed by atoms with Crippen LogP contribution >= 0.6 is 0 Å². The molecule has 1 atom stereocenters. The molecule has 1 aromatic heterocycles. The van der Waals surface area contributed by atoms with Crippen molar-refractivity contribution in [2.75, 3.05) is 0 Å². The molecule has 0 aliphatic rings. The van der Waals surface area contributed by atoms with Crippen molar-refractivity contribution in [2.45, 2.75) is 25.8 Å². The SMILES string of the molecule is CCC(C)(NC(=O)c1coc2ccccc12)C(=O)O. The number of rotatable bonds is 4. The van der Waals surface area contributed by atoms with Gasteiger partial charge >= 0.3 is 5.97 Å². The fourth-order valence-electron chi connectivity index (χ4n) is 1.76. The molecule has 0 radical (unpaired) electrons. The maximum atomic E-state index is 12.2. The third-order valence-corrected chi connectivity index (χ3v) is 3.29. The molecule has 1 unspecified atom stereocenters. The molecule has 0 saturated heterocycles. The summed E-state index contributed by atoms with van der Waals surface area (Å²) < 4.78 is 5.27. The van der Waals surface area contributed by atoms with Crippen LogP contribution in [0.25, 0.3) is 11.0 Å². The highest BCUT2D eigenvalue weighted by Crippen LogP contribution is 2.21. The zero-order valence-electron chi connectivity index (χ0n) is 10.8. The van der Waals surface area contributed by atoms with E-state index in [1.165, 1.54) is 13.2 Å². The lowest BCUT2D eigenvalue weighted by molar-refractivity contribution is -0.143. The van der Waals surface area contributed by atoms with Crippen LogP contribution in [0, 0.1) is 0 Å². The van der Waals surface area contributed by atoms with Crippen LogP contribution in [0.15, 0.2) is 34.9 Å². The topological polar surface area (TPSA) is 79.5 Å². The lowest BCUT2D eigenvalue weighted by atomic mass is 9.98. The summed E-state index contributed by atoms with van der Waals surface area (Å²) in [5.74, 6) is -1.51. The molecule has 5 heteroatoms. The molecule has 2 N–H and O–H groups in total. The van der Waals surface area contributed by atoms with Crippen LogP contribution < -0.4 is 5.32 Å². The number of hydrogen-bond acceptors (Lipinski definition) is 3. The molecule has 19 heavy (non-hydrogen) atoms. The van der Waals surface area contributed by atoms with E-state index < -0.39 is 17.4 Å². The maximum Gasteiger partial charge on any atom is 0.329 e. The van der Waals surface area contributed by atoms with Gasteiger partial charge in [0, 0.05) is 5.39 Å². The van der Waals surface area contributed by atoms with Crippen molar-refractivity contribution in [3.05, 3.63) is 36.1 Å². The maximum absolute atomic E-state index is 12.2. The Labute approximate surface area is 110 Å². The summed E-state index contributed by atoms with van der Waals surface area (Å²) in [5.41, 5.74) is -0.340. The van der Waals surface area contributed by atoms with Gasteiger partial charge in [-0.3, -0.25) is 4.79 Å². The zero-order chi connectivity index (χ0) is 14.0. The minimum atomic E-state index is -1.28. The van der Waals surface area contributed by atoms with Crippen molar-refractivity contribution in [1.29, 1.82) is 0 Å². The number of fused-ring (bicyclic) bond motifs is 1. The number of benzene rings is 1. The summed E-state index contributed by atoms with van der Waals surface area (Å²) in [6.07, 6.45) is 1.64. The summed E-state index contributed by atoms with van der Waals surface area (Å²) in [7, 11) is 0. The molecule has 0 saturated carbocycles. The monoisotopic (exact) mass is 261 g/mol. The largest absolute Gasteiger partial charge is 0.480 e. The zero-order valence-corrected chi connectivity index (χ0v) is 10.8. The van der Waals surface area contributed by atoms with E-state index in [4.69, 9.17) is 9.52 Å². The highest BCUT2D eigenvalue weighted by Gasteiger charge is 2.33. The smallest absolute Gasteiger partial charge is 0.329 e. The number of aliphatic carboxylic acids is 1. The van der Waals surface area contributed by atoms with Gasteiger partial charge in [0.1, 0.15) is 17.4 Å². The van der Waals surface area contributed by atoms with E-state index in [0.29, 0.717) is 23.0 Å². The number of carboxylic acid groups (broad SMARTS) is 1. The van der Waals surface area contributed by atoms with Gasteiger partial charge in [-0.15, -0.1) is 0 Å². The fourth-order valence-corrected chi connectivity index (χ4v) is 1.76. The van der Waals surface area contributed by atoms with Gasteiger partial charge in [0.25, 0.3) is 5.91 Å². The molecular formula is C14H15NO4. The van der Waals surface area contributed by atoms with Crippen LogP contribution in [0.4, 0.5) is 0 Å². The predicted molar refractivity (Wildman–Crippen MR) is 70.0 cm³/mol. The molecule has 2 aromatic rings.